The molecule has 0 amide bonds. The van der Waals surface area contributed by atoms with Crippen molar-refractivity contribution in [3.05, 3.63) is 69.4 Å². The Morgan fingerprint density at radius 2 is 1.23 bits per heavy atom. The van der Waals surface area contributed by atoms with E-state index in [0.717, 1.165) is 61.6 Å². The minimum absolute atomic E-state index is 0.121. The Balaban J connectivity index is 2.48. The van der Waals surface area contributed by atoms with Gasteiger partial charge in [-0.2, -0.15) is 0 Å². The second kappa shape index (κ2) is 18.3. The van der Waals surface area contributed by atoms with Crippen LogP contribution in [0.4, 0.5) is 0 Å². The fourth-order valence-corrected chi connectivity index (χ4v) is 4.24. The van der Waals surface area contributed by atoms with Crippen LogP contribution in [-0.2, 0) is 20.7 Å². The van der Waals surface area contributed by atoms with Gasteiger partial charge in [-0.05, 0) is 117 Å². The quantitative estimate of drug-likeness (QED) is 0.129. The zero-order valence-electron chi connectivity index (χ0n) is 25.5. The lowest BCUT2D eigenvalue weighted by atomic mass is 9.99. The van der Waals surface area contributed by atoms with Gasteiger partial charge < -0.3 is 14.6 Å². The number of carbonyl (C=O) groups is 2. The van der Waals surface area contributed by atoms with Gasteiger partial charge in [0.25, 0.3) is 0 Å². The van der Waals surface area contributed by atoms with Gasteiger partial charge in [0.1, 0.15) is 11.5 Å². The Morgan fingerprint density at radius 3 is 1.72 bits per heavy atom. The molecule has 0 unspecified atom stereocenters. The lowest BCUT2D eigenvalue weighted by molar-refractivity contribution is -0.143. The Kier molecular flexibility index (Phi) is 15.9. The van der Waals surface area contributed by atoms with E-state index in [1.54, 1.807) is 6.07 Å². The lowest BCUT2D eigenvalue weighted by Crippen LogP contribution is -2.06. The fourth-order valence-electron chi connectivity index (χ4n) is 4.24. The zero-order chi connectivity index (χ0) is 29.4. The maximum Gasteiger partial charge on any atom is 0.308 e. The number of hydrogen-bond donors (Lipinski definition) is 1. The summed E-state index contributed by atoms with van der Waals surface area (Å²) in [5, 5.41) is 10.2. The van der Waals surface area contributed by atoms with E-state index in [2.05, 4.69) is 52.0 Å². The standard InChI is InChI=1S/C34H50O5/c1-9-38-33(37)22-20-27(5)18-12-16-25(3)14-10-13-24(2)15-11-17-26(4)19-21-31-23-32(36)28(6)29(7)34(31)39-30(8)35/h14-15,18-19,23,36H,9-13,16-17,20-22H2,1-8H3/b24-15+,25-14+,26-19?,27-18+. The summed E-state index contributed by atoms with van der Waals surface area (Å²) in [4.78, 5) is 23.0. The van der Waals surface area contributed by atoms with E-state index in [4.69, 9.17) is 9.47 Å². The Morgan fingerprint density at radius 1 is 0.744 bits per heavy atom. The molecule has 0 radical (unpaired) electrons. The van der Waals surface area contributed by atoms with Crippen LogP contribution in [0.2, 0.25) is 0 Å². The van der Waals surface area contributed by atoms with Crippen LogP contribution >= 0.6 is 0 Å². The number of phenols is 1. The van der Waals surface area contributed by atoms with Crippen LogP contribution < -0.4 is 4.74 Å². The summed E-state index contributed by atoms with van der Waals surface area (Å²) in [5.74, 6) is 0.306. The highest BCUT2D eigenvalue weighted by molar-refractivity contribution is 5.71. The monoisotopic (exact) mass is 538 g/mol. The second-order valence-electron chi connectivity index (χ2n) is 10.6. The first kappa shape index (κ1) is 33.9. The van der Waals surface area contributed by atoms with Gasteiger partial charge in [0, 0.05) is 18.9 Å². The first-order chi connectivity index (χ1) is 18.4. The maximum absolute atomic E-state index is 11.6. The normalized spacial score (nSPS) is 13.0. The Bertz CT molecular complexity index is 1090. The summed E-state index contributed by atoms with van der Waals surface area (Å²) in [6, 6.07) is 1.70. The molecule has 0 aliphatic carbocycles. The Hall–Kier alpha value is -3.08. The number of ether oxygens (including phenoxy) is 2. The third kappa shape index (κ3) is 14.0. The van der Waals surface area contributed by atoms with E-state index in [0.29, 0.717) is 25.2 Å². The summed E-state index contributed by atoms with van der Waals surface area (Å²) in [7, 11) is 0. The van der Waals surface area contributed by atoms with Crippen LogP contribution in [0.3, 0.4) is 0 Å². The SMILES string of the molecule is CCOC(=O)CC/C(C)=C/CC/C(C)=C/CC/C(C)=C/CCC(C)=CCc1cc(O)c(C)c(C)c1OC(C)=O. The van der Waals surface area contributed by atoms with Crippen LogP contribution in [0.1, 0.15) is 110 Å². The molecule has 0 saturated carbocycles. The predicted molar refractivity (Wildman–Crippen MR) is 161 cm³/mol. The molecular weight excluding hydrogens is 488 g/mol. The van der Waals surface area contributed by atoms with Crippen LogP contribution in [0.25, 0.3) is 0 Å². The molecule has 5 nitrogen and oxygen atoms in total. The highest BCUT2D eigenvalue weighted by Crippen LogP contribution is 2.33. The van der Waals surface area contributed by atoms with Gasteiger partial charge in [0.2, 0.25) is 0 Å². The molecule has 0 atom stereocenters. The minimum atomic E-state index is -0.356. The van der Waals surface area contributed by atoms with Crippen LogP contribution in [0.5, 0.6) is 11.5 Å². The van der Waals surface area contributed by atoms with Crippen molar-refractivity contribution in [1.82, 2.24) is 0 Å². The number of phenolic OH excluding ortho intramolecular Hbond substituents is 1. The number of rotatable bonds is 16. The van der Waals surface area contributed by atoms with Crippen LogP contribution in [0, 0.1) is 13.8 Å². The molecule has 0 spiro atoms. The first-order valence-corrected chi connectivity index (χ1v) is 14.2. The van der Waals surface area contributed by atoms with Crippen molar-refractivity contribution >= 4 is 11.9 Å². The third-order valence-corrected chi connectivity index (χ3v) is 6.93. The molecule has 1 rings (SSSR count). The molecule has 1 aromatic carbocycles. The van der Waals surface area contributed by atoms with E-state index in [-0.39, 0.29) is 17.7 Å². The van der Waals surface area contributed by atoms with E-state index in [1.807, 2.05) is 20.8 Å². The predicted octanol–water partition coefficient (Wildman–Crippen LogP) is 8.95. The average molecular weight is 539 g/mol. The molecule has 0 aliphatic heterocycles. The van der Waals surface area contributed by atoms with Gasteiger partial charge in [-0.1, -0.05) is 46.6 Å². The van der Waals surface area contributed by atoms with Gasteiger partial charge in [-0.3, -0.25) is 9.59 Å². The summed E-state index contributed by atoms with van der Waals surface area (Å²) in [5.41, 5.74) is 7.67. The first-order valence-electron chi connectivity index (χ1n) is 14.2. The van der Waals surface area contributed by atoms with Gasteiger partial charge in [0.05, 0.1) is 6.61 Å². The van der Waals surface area contributed by atoms with Gasteiger partial charge in [-0.25, -0.2) is 0 Å². The van der Waals surface area contributed by atoms with Gasteiger partial charge in [-0.15, -0.1) is 0 Å². The van der Waals surface area contributed by atoms with Crippen molar-refractivity contribution in [3.63, 3.8) is 0 Å². The molecular formula is C34H50O5. The summed E-state index contributed by atoms with van der Waals surface area (Å²) < 4.78 is 10.4. The molecule has 0 heterocycles. The number of aromatic hydroxyl groups is 1. The zero-order valence-corrected chi connectivity index (χ0v) is 25.5. The van der Waals surface area contributed by atoms with Crippen molar-refractivity contribution in [3.8, 4) is 11.5 Å². The van der Waals surface area contributed by atoms with E-state index in [1.165, 1.54) is 29.2 Å². The molecule has 0 aromatic heterocycles. The van der Waals surface area contributed by atoms with Crippen molar-refractivity contribution < 1.29 is 24.2 Å². The molecule has 0 saturated heterocycles. The van der Waals surface area contributed by atoms with Gasteiger partial charge >= 0.3 is 11.9 Å². The Labute approximate surface area is 236 Å². The van der Waals surface area contributed by atoms with Crippen LogP contribution in [0.15, 0.2) is 52.7 Å². The number of benzene rings is 1. The average Bonchev–Trinajstić information content (AvgIpc) is 2.87. The highest BCUT2D eigenvalue weighted by Gasteiger charge is 2.14. The van der Waals surface area contributed by atoms with E-state index >= 15 is 0 Å². The van der Waals surface area contributed by atoms with E-state index < -0.39 is 0 Å². The number of allylic oxidation sites excluding steroid dienone is 8. The molecule has 1 N–H and O–H groups in total. The molecule has 216 valence electrons. The third-order valence-electron chi connectivity index (χ3n) is 6.93. The van der Waals surface area contributed by atoms with E-state index in [9.17, 15) is 14.7 Å². The minimum Gasteiger partial charge on any atom is -0.508 e. The second-order valence-corrected chi connectivity index (χ2v) is 10.6. The largest absolute Gasteiger partial charge is 0.508 e. The highest BCUT2D eigenvalue weighted by atomic mass is 16.5. The number of carbonyl (C=O) groups excluding carboxylic acids is 2. The molecule has 39 heavy (non-hydrogen) atoms. The van der Waals surface area contributed by atoms with Crippen molar-refractivity contribution in [1.29, 1.82) is 0 Å². The maximum atomic E-state index is 11.6. The topological polar surface area (TPSA) is 72.8 Å². The molecule has 1 aromatic rings. The van der Waals surface area contributed by atoms with Crippen molar-refractivity contribution in [2.24, 2.45) is 0 Å². The fraction of sp³-hybridized carbons (Fsp3) is 0.529. The van der Waals surface area contributed by atoms with Crippen LogP contribution in [-0.4, -0.2) is 23.7 Å². The molecule has 0 aliphatic rings. The van der Waals surface area contributed by atoms with Crippen molar-refractivity contribution in [2.45, 2.75) is 113 Å². The van der Waals surface area contributed by atoms with Crippen molar-refractivity contribution in [2.75, 3.05) is 6.61 Å². The molecule has 0 fully saturated rings. The lowest BCUT2D eigenvalue weighted by Gasteiger charge is -2.14. The summed E-state index contributed by atoms with van der Waals surface area (Å²) >= 11 is 0. The molecule has 5 heteroatoms. The van der Waals surface area contributed by atoms with Gasteiger partial charge in [0.15, 0.2) is 0 Å². The smallest absolute Gasteiger partial charge is 0.308 e. The molecule has 0 bridgehead atoms. The number of esters is 2. The summed E-state index contributed by atoms with van der Waals surface area (Å²) in [6.07, 6.45) is 17.0. The number of hydrogen-bond acceptors (Lipinski definition) is 5. The summed E-state index contributed by atoms with van der Waals surface area (Å²) in [6.45, 7) is 16.0.